The molecular formula is C25H27F3N2O5. The molecule has 7 nitrogen and oxygen atoms in total. The Morgan fingerprint density at radius 3 is 2.11 bits per heavy atom. The van der Waals surface area contributed by atoms with Gasteiger partial charge in [0.05, 0.1) is 0 Å². The van der Waals surface area contributed by atoms with Crippen molar-refractivity contribution in [2.45, 2.75) is 44.3 Å². The summed E-state index contributed by atoms with van der Waals surface area (Å²) < 4.78 is 45.7. The van der Waals surface area contributed by atoms with E-state index < -0.39 is 42.7 Å². The zero-order chi connectivity index (χ0) is 25.6. The molecule has 10 heteroatoms. The van der Waals surface area contributed by atoms with Gasteiger partial charge in [0.15, 0.2) is 5.92 Å². The van der Waals surface area contributed by atoms with E-state index in [4.69, 9.17) is 4.74 Å². The highest BCUT2D eigenvalue weighted by molar-refractivity contribution is 5.86. The van der Waals surface area contributed by atoms with Crippen LogP contribution in [0.5, 0.6) is 0 Å². The second-order valence-corrected chi connectivity index (χ2v) is 8.34. The number of amides is 2. The number of halogens is 3. The number of ether oxygens (including phenoxy) is 1. The number of carboxylic acids is 1. The number of fused-ring (bicyclic) bond motifs is 3. The van der Waals surface area contributed by atoms with E-state index in [9.17, 15) is 32.7 Å². The first-order chi connectivity index (χ1) is 16.6. The molecule has 0 radical (unpaired) electrons. The van der Waals surface area contributed by atoms with Gasteiger partial charge in [-0.2, -0.15) is 13.2 Å². The van der Waals surface area contributed by atoms with E-state index in [0.717, 1.165) is 22.3 Å². The van der Waals surface area contributed by atoms with Crippen molar-refractivity contribution in [2.75, 3.05) is 13.2 Å². The number of nitrogens with one attached hydrogen (secondary N) is 2. The number of carboxylic acid groups (broad SMARTS) is 1. The third-order valence-electron chi connectivity index (χ3n) is 5.97. The summed E-state index contributed by atoms with van der Waals surface area (Å²) in [6.45, 7) is 0.616. The van der Waals surface area contributed by atoms with Gasteiger partial charge in [-0.3, -0.25) is 4.79 Å². The first kappa shape index (κ1) is 26.1. The molecule has 2 atom stereocenters. The van der Waals surface area contributed by atoms with Crippen molar-refractivity contribution in [3.8, 4) is 11.1 Å². The molecule has 0 spiro atoms. The minimum absolute atomic E-state index is 0.00194. The number of hydrogen-bond donors (Lipinski definition) is 3. The highest BCUT2D eigenvalue weighted by Gasteiger charge is 2.46. The van der Waals surface area contributed by atoms with Gasteiger partial charge in [0, 0.05) is 12.5 Å². The fraction of sp³-hybridized carbons (Fsp3) is 0.400. The number of aliphatic carboxylic acids is 1. The van der Waals surface area contributed by atoms with Crippen LogP contribution in [0.3, 0.4) is 0 Å². The van der Waals surface area contributed by atoms with E-state index in [1.807, 2.05) is 59.2 Å². The lowest BCUT2D eigenvalue weighted by molar-refractivity contribution is -0.182. The number of hydrogen-bond acceptors (Lipinski definition) is 4. The quantitative estimate of drug-likeness (QED) is 0.454. The lowest BCUT2D eigenvalue weighted by Crippen LogP contribution is -2.50. The predicted molar refractivity (Wildman–Crippen MR) is 122 cm³/mol. The summed E-state index contributed by atoms with van der Waals surface area (Å²) in [7, 11) is 0. The first-order valence-corrected chi connectivity index (χ1v) is 11.3. The van der Waals surface area contributed by atoms with E-state index in [1.165, 1.54) is 0 Å². The molecule has 188 valence electrons. The Morgan fingerprint density at radius 2 is 1.60 bits per heavy atom. The minimum atomic E-state index is -4.99. The molecule has 2 aromatic carbocycles. The van der Waals surface area contributed by atoms with Crippen molar-refractivity contribution in [2.24, 2.45) is 5.92 Å². The van der Waals surface area contributed by atoms with Crippen molar-refractivity contribution < 1.29 is 37.4 Å². The van der Waals surface area contributed by atoms with Crippen LogP contribution in [0.1, 0.15) is 43.2 Å². The maximum atomic E-state index is 13.5. The van der Waals surface area contributed by atoms with E-state index in [0.29, 0.717) is 12.8 Å². The normalized spacial score (nSPS) is 14.4. The molecule has 0 aliphatic heterocycles. The fourth-order valence-electron chi connectivity index (χ4n) is 4.13. The number of unbranched alkanes of at least 4 members (excludes halogenated alkanes) is 1. The van der Waals surface area contributed by atoms with E-state index in [2.05, 4.69) is 0 Å². The van der Waals surface area contributed by atoms with Crippen molar-refractivity contribution in [1.29, 1.82) is 0 Å². The Morgan fingerprint density at radius 1 is 1.03 bits per heavy atom. The lowest BCUT2D eigenvalue weighted by atomic mass is 9.98. The predicted octanol–water partition coefficient (Wildman–Crippen LogP) is 4.46. The molecule has 0 bridgehead atoms. The van der Waals surface area contributed by atoms with Crippen LogP contribution in [0.4, 0.5) is 18.0 Å². The third kappa shape index (κ3) is 6.32. The van der Waals surface area contributed by atoms with Gasteiger partial charge < -0.3 is 20.5 Å². The topological polar surface area (TPSA) is 105 Å². The summed E-state index contributed by atoms with van der Waals surface area (Å²) in [5.41, 5.74) is 3.89. The first-order valence-electron chi connectivity index (χ1n) is 11.3. The molecule has 1 aliphatic carbocycles. The van der Waals surface area contributed by atoms with Crippen LogP contribution >= 0.6 is 0 Å². The number of alkyl halides is 3. The summed E-state index contributed by atoms with van der Waals surface area (Å²) in [5.74, 6) is -5.83. The van der Waals surface area contributed by atoms with Gasteiger partial charge in [0.1, 0.15) is 12.6 Å². The number of benzene rings is 2. The molecule has 0 saturated heterocycles. The average molecular weight is 492 g/mol. The highest BCUT2D eigenvalue weighted by atomic mass is 19.4. The molecule has 3 N–H and O–H groups in total. The zero-order valence-electron chi connectivity index (χ0n) is 19.1. The minimum Gasteiger partial charge on any atom is -0.480 e. The molecule has 0 aromatic heterocycles. The lowest BCUT2D eigenvalue weighted by Gasteiger charge is -2.23. The molecule has 0 fully saturated rings. The van der Waals surface area contributed by atoms with Crippen LogP contribution in [0.25, 0.3) is 11.1 Å². The standard InChI is InChI=1S/C25H27F3N2O5/c1-2-3-12-21(23(32)33)30-22(31)20(25(26,27)28)13-29-24(34)35-14-19-17-10-6-4-8-15(17)16-9-5-7-11-18(16)19/h4-11,19-21H,2-3,12-14H2,1H3,(H,29,34)(H,30,31)(H,32,33). The monoisotopic (exact) mass is 492 g/mol. The number of carbonyl (C=O) groups is 3. The van der Waals surface area contributed by atoms with Crippen molar-refractivity contribution in [3.63, 3.8) is 0 Å². The van der Waals surface area contributed by atoms with E-state index >= 15 is 0 Å². The fourth-order valence-corrected chi connectivity index (χ4v) is 4.13. The second kappa shape index (κ2) is 11.2. The summed E-state index contributed by atoms with van der Waals surface area (Å²) in [6.07, 6.45) is -5.05. The molecule has 35 heavy (non-hydrogen) atoms. The zero-order valence-corrected chi connectivity index (χ0v) is 19.1. The Kier molecular flexibility index (Phi) is 8.37. The van der Waals surface area contributed by atoms with E-state index in [-0.39, 0.29) is 18.9 Å². The van der Waals surface area contributed by atoms with Crippen LogP contribution in [0.2, 0.25) is 0 Å². The summed E-state index contributed by atoms with van der Waals surface area (Å²) in [4.78, 5) is 35.7. The maximum absolute atomic E-state index is 13.5. The molecule has 0 heterocycles. The van der Waals surface area contributed by atoms with Crippen molar-refractivity contribution in [1.82, 2.24) is 10.6 Å². The molecule has 2 aromatic rings. The second-order valence-electron chi connectivity index (χ2n) is 8.34. The van der Waals surface area contributed by atoms with Crippen molar-refractivity contribution in [3.05, 3.63) is 59.7 Å². The van der Waals surface area contributed by atoms with Gasteiger partial charge in [-0.25, -0.2) is 9.59 Å². The smallest absolute Gasteiger partial charge is 0.407 e. The van der Waals surface area contributed by atoms with Gasteiger partial charge in [0.2, 0.25) is 5.91 Å². The Balaban J connectivity index is 1.61. The van der Waals surface area contributed by atoms with Crippen LogP contribution < -0.4 is 10.6 Å². The highest BCUT2D eigenvalue weighted by Crippen LogP contribution is 2.44. The van der Waals surface area contributed by atoms with Crippen LogP contribution in [0, 0.1) is 5.92 Å². The summed E-state index contributed by atoms with van der Waals surface area (Å²) >= 11 is 0. The van der Waals surface area contributed by atoms with Crippen LogP contribution in [0.15, 0.2) is 48.5 Å². The Bertz CT molecular complexity index is 1030. The Hall–Kier alpha value is -3.56. The van der Waals surface area contributed by atoms with Gasteiger partial charge in [0.25, 0.3) is 0 Å². The van der Waals surface area contributed by atoms with Gasteiger partial charge in [-0.1, -0.05) is 68.3 Å². The van der Waals surface area contributed by atoms with Crippen LogP contribution in [-0.2, 0) is 14.3 Å². The number of rotatable bonds is 10. The average Bonchev–Trinajstić information content (AvgIpc) is 3.13. The van der Waals surface area contributed by atoms with Gasteiger partial charge >= 0.3 is 18.2 Å². The molecule has 2 amide bonds. The number of carbonyl (C=O) groups excluding carboxylic acids is 2. The molecule has 1 aliphatic rings. The molecule has 3 rings (SSSR count). The molecule has 0 saturated carbocycles. The third-order valence-corrected chi connectivity index (χ3v) is 5.97. The summed E-state index contributed by atoms with van der Waals surface area (Å²) in [6, 6.07) is 13.8. The molecule has 2 unspecified atom stereocenters. The van der Waals surface area contributed by atoms with Crippen molar-refractivity contribution >= 4 is 18.0 Å². The summed E-state index contributed by atoms with van der Waals surface area (Å²) in [5, 5.41) is 13.1. The largest absolute Gasteiger partial charge is 0.480 e. The van der Waals surface area contributed by atoms with Crippen LogP contribution in [-0.4, -0.2) is 48.4 Å². The molecular weight excluding hydrogens is 465 g/mol. The van der Waals surface area contributed by atoms with E-state index in [1.54, 1.807) is 6.92 Å². The number of alkyl carbamates (subject to hydrolysis) is 1. The van der Waals surface area contributed by atoms with Gasteiger partial charge in [-0.05, 0) is 28.7 Å². The SMILES string of the molecule is CCCCC(NC(=O)C(CNC(=O)OCC1c2ccccc2-c2ccccc21)C(F)(F)F)C(=O)O. The van der Waals surface area contributed by atoms with Gasteiger partial charge in [-0.15, -0.1) is 0 Å². The Labute approximate surface area is 200 Å². The maximum Gasteiger partial charge on any atom is 0.407 e.